The largest absolute Gasteiger partial charge is 0.445 e. The van der Waals surface area contributed by atoms with E-state index in [0.717, 1.165) is 37.6 Å². The lowest BCUT2D eigenvalue weighted by Gasteiger charge is -2.43. The molecule has 4 nitrogen and oxygen atoms in total. The Morgan fingerprint density at radius 3 is 3.05 bits per heavy atom. The molecule has 1 aromatic heterocycles. The van der Waals surface area contributed by atoms with E-state index >= 15 is 0 Å². The van der Waals surface area contributed by atoms with E-state index in [1.807, 2.05) is 6.92 Å². The van der Waals surface area contributed by atoms with E-state index in [2.05, 4.69) is 22.1 Å². The van der Waals surface area contributed by atoms with Gasteiger partial charge in [-0.05, 0) is 44.1 Å². The summed E-state index contributed by atoms with van der Waals surface area (Å²) in [7, 11) is 0. The molecule has 2 aliphatic rings. The number of rotatable bonds is 3. The van der Waals surface area contributed by atoms with Gasteiger partial charge in [-0.25, -0.2) is 4.98 Å². The molecule has 0 radical (unpaired) electrons. The highest BCUT2D eigenvalue weighted by Crippen LogP contribution is 2.37. The third kappa shape index (κ3) is 3.33. The first-order chi connectivity index (χ1) is 9.26. The van der Waals surface area contributed by atoms with Crippen LogP contribution in [0.5, 0.6) is 0 Å². The highest BCUT2D eigenvalue weighted by molar-refractivity contribution is 7.99. The van der Waals surface area contributed by atoms with Crippen LogP contribution in [0.15, 0.2) is 10.6 Å². The molecule has 2 aliphatic heterocycles. The molecule has 1 unspecified atom stereocenters. The van der Waals surface area contributed by atoms with Gasteiger partial charge in [0.25, 0.3) is 0 Å². The Morgan fingerprint density at radius 1 is 1.47 bits per heavy atom. The van der Waals surface area contributed by atoms with Crippen molar-refractivity contribution in [2.75, 3.05) is 18.1 Å². The summed E-state index contributed by atoms with van der Waals surface area (Å²) in [4.78, 5) is 4.24. The lowest BCUT2D eigenvalue weighted by Crippen LogP contribution is -2.48. The number of nitrogens with zero attached hydrogens (tertiary/aromatic N) is 1. The molecule has 5 heteroatoms. The molecule has 106 valence electrons. The van der Waals surface area contributed by atoms with Gasteiger partial charge < -0.3 is 14.5 Å². The Kier molecular flexibility index (Phi) is 4.15. The van der Waals surface area contributed by atoms with Gasteiger partial charge in [-0.3, -0.25) is 0 Å². The second kappa shape index (κ2) is 5.85. The molecule has 2 saturated heterocycles. The summed E-state index contributed by atoms with van der Waals surface area (Å²) in [6, 6.07) is 0.532. The van der Waals surface area contributed by atoms with Crippen LogP contribution in [-0.4, -0.2) is 34.7 Å². The van der Waals surface area contributed by atoms with Crippen LogP contribution >= 0.6 is 11.8 Å². The predicted octanol–water partition coefficient (Wildman–Crippen LogP) is 2.52. The van der Waals surface area contributed by atoms with Crippen LogP contribution in [-0.2, 0) is 11.3 Å². The molecule has 0 aliphatic carbocycles. The Labute approximate surface area is 118 Å². The van der Waals surface area contributed by atoms with Crippen molar-refractivity contribution in [2.24, 2.45) is 0 Å². The van der Waals surface area contributed by atoms with Crippen molar-refractivity contribution in [3.63, 3.8) is 0 Å². The fourth-order valence-electron chi connectivity index (χ4n) is 3.01. The summed E-state index contributed by atoms with van der Waals surface area (Å²) in [5.41, 5.74) is 0.147. The monoisotopic (exact) mass is 282 g/mol. The summed E-state index contributed by atoms with van der Waals surface area (Å²) in [6.45, 7) is 3.54. The number of aromatic nitrogens is 1. The Balaban J connectivity index is 1.53. The standard InChI is InChI=1S/C14H22N2O2S/c1-11-9-16-13(18-11)10-15-12-2-5-17-14(8-12)3-6-19-7-4-14/h9,12,15H,2-8,10H2,1H3. The first kappa shape index (κ1) is 13.5. The van der Waals surface area contributed by atoms with Crippen LogP contribution in [0.1, 0.15) is 37.3 Å². The van der Waals surface area contributed by atoms with Crippen LogP contribution in [0, 0.1) is 6.92 Å². The number of nitrogens with one attached hydrogen (secondary N) is 1. The summed E-state index contributed by atoms with van der Waals surface area (Å²) in [5, 5.41) is 3.58. The zero-order valence-corrected chi connectivity index (χ0v) is 12.3. The van der Waals surface area contributed by atoms with Crippen molar-refractivity contribution in [2.45, 2.75) is 50.8 Å². The van der Waals surface area contributed by atoms with E-state index < -0.39 is 0 Å². The molecular weight excluding hydrogens is 260 g/mol. The molecule has 0 aromatic carbocycles. The molecular formula is C14H22N2O2S. The van der Waals surface area contributed by atoms with Crippen molar-refractivity contribution in [3.8, 4) is 0 Å². The molecule has 0 bridgehead atoms. The van der Waals surface area contributed by atoms with Crippen LogP contribution in [0.4, 0.5) is 0 Å². The average Bonchev–Trinajstić information content (AvgIpc) is 2.83. The van der Waals surface area contributed by atoms with Gasteiger partial charge in [0.2, 0.25) is 5.89 Å². The van der Waals surface area contributed by atoms with E-state index in [0.29, 0.717) is 6.04 Å². The average molecular weight is 282 g/mol. The van der Waals surface area contributed by atoms with Crippen LogP contribution in [0.2, 0.25) is 0 Å². The summed E-state index contributed by atoms with van der Waals surface area (Å²) < 4.78 is 11.6. The van der Waals surface area contributed by atoms with Crippen molar-refractivity contribution in [3.05, 3.63) is 17.8 Å². The van der Waals surface area contributed by atoms with E-state index in [9.17, 15) is 0 Å². The van der Waals surface area contributed by atoms with Gasteiger partial charge in [0, 0.05) is 12.6 Å². The Bertz CT molecular complexity index is 410. The molecule has 0 saturated carbocycles. The first-order valence-electron chi connectivity index (χ1n) is 7.12. The van der Waals surface area contributed by atoms with Crippen molar-refractivity contribution in [1.29, 1.82) is 0 Å². The fraction of sp³-hybridized carbons (Fsp3) is 0.786. The van der Waals surface area contributed by atoms with Gasteiger partial charge in [0.15, 0.2) is 0 Å². The van der Waals surface area contributed by atoms with Crippen LogP contribution in [0.3, 0.4) is 0 Å². The maximum Gasteiger partial charge on any atom is 0.208 e. The van der Waals surface area contributed by atoms with Gasteiger partial charge in [-0.1, -0.05) is 0 Å². The molecule has 1 atom stereocenters. The van der Waals surface area contributed by atoms with Crippen molar-refractivity contribution < 1.29 is 9.15 Å². The van der Waals surface area contributed by atoms with E-state index in [4.69, 9.17) is 9.15 Å². The second-order valence-electron chi connectivity index (χ2n) is 5.58. The Hall–Kier alpha value is -0.520. The molecule has 3 rings (SSSR count). The fourth-order valence-corrected chi connectivity index (χ4v) is 4.25. The van der Waals surface area contributed by atoms with Crippen molar-refractivity contribution in [1.82, 2.24) is 10.3 Å². The van der Waals surface area contributed by atoms with Gasteiger partial charge in [-0.15, -0.1) is 0 Å². The quantitative estimate of drug-likeness (QED) is 0.923. The normalized spacial score (nSPS) is 26.7. The van der Waals surface area contributed by atoms with Gasteiger partial charge in [-0.2, -0.15) is 11.8 Å². The van der Waals surface area contributed by atoms with Gasteiger partial charge in [0.1, 0.15) is 5.76 Å². The molecule has 3 heterocycles. The van der Waals surface area contributed by atoms with Gasteiger partial charge >= 0.3 is 0 Å². The number of thioether (sulfide) groups is 1. The third-order valence-electron chi connectivity index (χ3n) is 4.11. The zero-order valence-electron chi connectivity index (χ0n) is 11.5. The molecule has 2 fully saturated rings. The number of hydrogen-bond donors (Lipinski definition) is 1. The highest BCUT2D eigenvalue weighted by atomic mass is 32.2. The SMILES string of the molecule is Cc1cnc(CNC2CCOC3(CCSCC3)C2)o1. The first-order valence-corrected chi connectivity index (χ1v) is 8.28. The molecule has 1 spiro atoms. The third-order valence-corrected chi connectivity index (χ3v) is 5.09. The van der Waals surface area contributed by atoms with Gasteiger partial charge in [0.05, 0.1) is 18.3 Å². The Morgan fingerprint density at radius 2 is 2.32 bits per heavy atom. The summed E-state index contributed by atoms with van der Waals surface area (Å²) in [6.07, 6.45) is 6.41. The lowest BCUT2D eigenvalue weighted by atomic mass is 9.85. The molecule has 1 N–H and O–H groups in total. The van der Waals surface area contributed by atoms with E-state index in [1.54, 1.807) is 6.20 Å². The predicted molar refractivity (Wildman–Crippen MR) is 76.3 cm³/mol. The molecule has 0 amide bonds. The maximum atomic E-state index is 6.10. The van der Waals surface area contributed by atoms with E-state index in [-0.39, 0.29) is 5.60 Å². The summed E-state index contributed by atoms with van der Waals surface area (Å²) in [5.74, 6) is 4.15. The minimum Gasteiger partial charge on any atom is -0.445 e. The second-order valence-corrected chi connectivity index (χ2v) is 6.80. The number of aryl methyl sites for hydroxylation is 1. The van der Waals surface area contributed by atoms with E-state index in [1.165, 1.54) is 24.3 Å². The summed E-state index contributed by atoms with van der Waals surface area (Å²) >= 11 is 2.05. The number of oxazole rings is 1. The number of hydrogen-bond acceptors (Lipinski definition) is 5. The smallest absolute Gasteiger partial charge is 0.208 e. The zero-order chi connectivity index (χ0) is 13.1. The van der Waals surface area contributed by atoms with Crippen LogP contribution < -0.4 is 5.32 Å². The minimum atomic E-state index is 0.147. The maximum absolute atomic E-state index is 6.10. The number of ether oxygens (including phenoxy) is 1. The highest BCUT2D eigenvalue weighted by Gasteiger charge is 2.38. The minimum absolute atomic E-state index is 0.147. The van der Waals surface area contributed by atoms with Crippen molar-refractivity contribution >= 4 is 11.8 Å². The topological polar surface area (TPSA) is 47.3 Å². The lowest BCUT2D eigenvalue weighted by molar-refractivity contribution is -0.0934. The molecule has 1 aromatic rings. The van der Waals surface area contributed by atoms with Crippen LogP contribution in [0.25, 0.3) is 0 Å². The molecule has 19 heavy (non-hydrogen) atoms.